The van der Waals surface area contributed by atoms with Crippen molar-refractivity contribution in [3.8, 4) is 0 Å². The molecular weight excluding hydrogens is 290 g/mol. The van der Waals surface area contributed by atoms with Crippen LogP contribution in [0.5, 0.6) is 0 Å². The Morgan fingerprint density at radius 1 is 1.09 bits per heavy atom. The third-order valence-corrected chi connectivity index (χ3v) is 7.55. The largest absolute Gasteiger partial charge is 0.334 e. The summed E-state index contributed by atoms with van der Waals surface area (Å²) in [6, 6.07) is 4.84. The number of nitrogens with zero attached hydrogens (tertiary/aromatic N) is 1. The van der Waals surface area contributed by atoms with Crippen LogP contribution in [-0.2, 0) is 11.3 Å². The van der Waals surface area contributed by atoms with Gasteiger partial charge in [-0.05, 0) is 80.1 Å². The van der Waals surface area contributed by atoms with E-state index in [4.69, 9.17) is 0 Å². The molecule has 5 fully saturated rings. The average molecular weight is 315 g/mol. The van der Waals surface area contributed by atoms with Crippen molar-refractivity contribution >= 4 is 17.2 Å². The molecule has 22 heavy (non-hydrogen) atoms. The summed E-state index contributed by atoms with van der Waals surface area (Å²) in [5.74, 6) is 4.23. The van der Waals surface area contributed by atoms with Crippen LogP contribution in [0.1, 0.15) is 49.8 Å². The zero-order chi connectivity index (χ0) is 14.7. The number of carbonyl (C=O) groups excluding carboxylic acids is 1. The molecule has 0 aliphatic heterocycles. The van der Waals surface area contributed by atoms with Crippen LogP contribution in [0.4, 0.5) is 0 Å². The molecule has 0 saturated heterocycles. The molecule has 0 radical (unpaired) electrons. The lowest BCUT2D eigenvalue weighted by atomic mass is 9.51. The second kappa shape index (κ2) is 5.09. The molecule has 5 saturated carbocycles. The van der Waals surface area contributed by atoms with Gasteiger partial charge in [-0.25, -0.2) is 0 Å². The fourth-order valence-corrected chi connectivity index (χ4v) is 6.57. The van der Waals surface area contributed by atoms with Crippen molar-refractivity contribution in [3.05, 3.63) is 22.4 Å². The Bertz CT molecular complexity index is 534. The van der Waals surface area contributed by atoms with Crippen LogP contribution in [0.2, 0.25) is 0 Å². The predicted octanol–water partition coefficient (Wildman–Crippen LogP) is 4.31. The predicted molar refractivity (Wildman–Crippen MR) is 88.4 cm³/mol. The Morgan fingerprint density at radius 2 is 1.77 bits per heavy atom. The minimum absolute atomic E-state index is 0.369. The molecule has 1 heterocycles. The fourth-order valence-electron chi connectivity index (χ4n) is 5.86. The summed E-state index contributed by atoms with van der Waals surface area (Å²) in [5.41, 5.74) is 0. The second-order valence-electron chi connectivity index (χ2n) is 8.23. The van der Waals surface area contributed by atoms with Gasteiger partial charge in [0.25, 0.3) is 0 Å². The van der Waals surface area contributed by atoms with Crippen LogP contribution in [-0.4, -0.2) is 16.8 Å². The Kier molecular flexibility index (Phi) is 3.14. The van der Waals surface area contributed by atoms with Crippen LogP contribution in [0, 0.1) is 29.6 Å². The highest BCUT2D eigenvalue weighted by molar-refractivity contribution is 7.09. The van der Waals surface area contributed by atoms with Gasteiger partial charge in [-0.15, -0.1) is 11.3 Å². The molecule has 0 unspecified atom stereocenters. The van der Waals surface area contributed by atoms with E-state index >= 15 is 0 Å². The zero-order valence-electron chi connectivity index (χ0n) is 13.1. The Morgan fingerprint density at radius 3 is 2.32 bits per heavy atom. The molecule has 2 nitrogen and oxygen atoms in total. The summed E-state index contributed by atoms with van der Waals surface area (Å²) in [5, 5.41) is 2.13. The first kappa shape index (κ1) is 13.6. The monoisotopic (exact) mass is 315 g/mol. The molecule has 0 aromatic carbocycles. The highest BCUT2D eigenvalue weighted by Gasteiger charge is 2.52. The molecule has 0 N–H and O–H groups in total. The first-order chi connectivity index (χ1) is 10.8. The lowest BCUT2D eigenvalue weighted by Crippen LogP contribution is -2.52. The van der Waals surface area contributed by atoms with Crippen molar-refractivity contribution in [2.24, 2.45) is 29.6 Å². The molecule has 0 spiro atoms. The maximum absolute atomic E-state index is 13.4. The van der Waals surface area contributed by atoms with Crippen molar-refractivity contribution in [1.29, 1.82) is 0 Å². The van der Waals surface area contributed by atoms with Gasteiger partial charge in [0, 0.05) is 16.8 Å². The maximum atomic E-state index is 13.4. The molecule has 1 aromatic rings. The fraction of sp³-hybridized carbons (Fsp3) is 0.737. The Balaban J connectivity index is 1.38. The molecule has 6 rings (SSSR count). The standard InChI is InChI=1S/C19H25NOS/c21-19(20(16-3-4-16)11-17-2-1-5-22-17)18-14-7-12-6-13(9-14)10-15(18)8-12/h1-2,5,12-16,18H,3-4,6-11H2. The normalized spacial score (nSPS) is 39.2. The molecule has 118 valence electrons. The highest BCUT2D eigenvalue weighted by atomic mass is 32.1. The molecule has 5 aliphatic carbocycles. The summed E-state index contributed by atoms with van der Waals surface area (Å²) in [6.45, 7) is 0.865. The topological polar surface area (TPSA) is 20.3 Å². The Hall–Kier alpha value is -0.830. The molecule has 4 bridgehead atoms. The summed E-state index contributed by atoms with van der Waals surface area (Å²) < 4.78 is 0. The smallest absolute Gasteiger partial charge is 0.226 e. The SMILES string of the molecule is O=C(C1C2CC3CC(C2)CC1C3)N(Cc1cccs1)C1CC1. The van der Waals surface area contributed by atoms with Gasteiger partial charge in [0.1, 0.15) is 0 Å². The number of hydrogen-bond donors (Lipinski definition) is 0. The van der Waals surface area contributed by atoms with Crippen LogP contribution in [0.15, 0.2) is 17.5 Å². The minimum Gasteiger partial charge on any atom is -0.334 e. The molecule has 3 heteroatoms. The third kappa shape index (κ3) is 2.24. The first-order valence-corrected chi connectivity index (χ1v) is 9.98. The van der Waals surface area contributed by atoms with Gasteiger partial charge in [0.15, 0.2) is 0 Å². The van der Waals surface area contributed by atoms with Gasteiger partial charge in [-0.2, -0.15) is 0 Å². The zero-order valence-corrected chi connectivity index (χ0v) is 13.9. The van der Waals surface area contributed by atoms with Crippen LogP contribution >= 0.6 is 11.3 Å². The number of thiophene rings is 1. The molecule has 0 atom stereocenters. The summed E-state index contributed by atoms with van der Waals surface area (Å²) >= 11 is 1.80. The van der Waals surface area contributed by atoms with E-state index in [0.717, 1.165) is 18.4 Å². The summed E-state index contributed by atoms with van der Waals surface area (Å²) in [6.07, 6.45) is 9.31. The van der Waals surface area contributed by atoms with Crippen LogP contribution in [0.25, 0.3) is 0 Å². The highest BCUT2D eigenvalue weighted by Crippen LogP contribution is 2.57. The van der Waals surface area contributed by atoms with E-state index in [1.165, 1.54) is 49.8 Å². The lowest BCUT2D eigenvalue weighted by Gasteiger charge is -2.54. The summed E-state index contributed by atoms with van der Waals surface area (Å²) in [7, 11) is 0. The molecule has 1 amide bonds. The number of hydrogen-bond acceptors (Lipinski definition) is 2. The lowest BCUT2D eigenvalue weighted by molar-refractivity contribution is -0.150. The first-order valence-electron chi connectivity index (χ1n) is 9.11. The van der Waals surface area contributed by atoms with Gasteiger partial charge in [-0.3, -0.25) is 4.79 Å². The van der Waals surface area contributed by atoms with Gasteiger partial charge >= 0.3 is 0 Å². The van der Waals surface area contributed by atoms with E-state index in [2.05, 4.69) is 22.4 Å². The van der Waals surface area contributed by atoms with E-state index in [1.54, 1.807) is 11.3 Å². The Labute approximate surface area is 136 Å². The number of carbonyl (C=O) groups is 1. The van der Waals surface area contributed by atoms with Crippen LogP contribution in [0.3, 0.4) is 0 Å². The molecular formula is C19H25NOS. The van der Waals surface area contributed by atoms with Crippen molar-refractivity contribution in [2.45, 2.75) is 57.5 Å². The van der Waals surface area contributed by atoms with Crippen molar-refractivity contribution in [1.82, 2.24) is 4.90 Å². The van der Waals surface area contributed by atoms with Crippen molar-refractivity contribution in [3.63, 3.8) is 0 Å². The van der Waals surface area contributed by atoms with E-state index in [-0.39, 0.29) is 0 Å². The van der Waals surface area contributed by atoms with E-state index in [1.807, 2.05) is 0 Å². The van der Waals surface area contributed by atoms with E-state index in [0.29, 0.717) is 29.7 Å². The van der Waals surface area contributed by atoms with E-state index in [9.17, 15) is 4.79 Å². The molecule has 5 aliphatic rings. The quantitative estimate of drug-likeness (QED) is 0.810. The minimum atomic E-state index is 0.369. The van der Waals surface area contributed by atoms with Gasteiger partial charge < -0.3 is 4.90 Å². The maximum Gasteiger partial charge on any atom is 0.226 e. The molecule has 1 aromatic heterocycles. The third-order valence-electron chi connectivity index (χ3n) is 6.69. The number of rotatable bonds is 4. The van der Waals surface area contributed by atoms with Crippen LogP contribution < -0.4 is 0 Å². The van der Waals surface area contributed by atoms with E-state index < -0.39 is 0 Å². The van der Waals surface area contributed by atoms with Gasteiger partial charge in [-0.1, -0.05) is 6.07 Å². The van der Waals surface area contributed by atoms with Gasteiger partial charge in [0.05, 0.1) is 6.54 Å². The number of amides is 1. The summed E-state index contributed by atoms with van der Waals surface area (Å²) in [4.78, 5) is 17.0. The second-order valence-corrected chi connectivity index (χ2v) is 9.27. The van der Waals surface area contributed by atoms with Gasteiger partial charge in [0.2, 0.25) is 5.91 Å². The average Bonchev–Trinajstić information content (AvgIpc) is 3.20. The van der Waals surface area contributed by atoms with Crippen molar-refractivity contribution in [2.75, 3.05) is 0 Å². The van der Waals surface area contributed by atoms with Crippen molar-refractivity contribution < 1.29 is 4.79 Å².